The van der Waals surface area contributed by atoms with Crippen LogP contribution in [0.4, 0.5) is 4.79 Å². The predicted octanol–water partition coefficient (Wildman–Crippen LogP) is 0.0336. The van der Waals surface area contributed by atoms with Crippen LogP contribution < -0.4 is 5.32 Å². The average Bonchev–Trinajstić information content (AvgIpc) is 2.64. The molecule has 0 unspecified atom stereocenters. The van der Waals surface area contributed by atoms with Gasteiger partial charge in [-0.3, -0.25) is 19.5 Å². The maximum atomic E-state index is 11.9. The van der Waals surface area contributed by atoms with E-state index in [9.17, 15) is 14.4 Å². The number of hydrogen-bond donors (Lipinski definition) is 1. The smallest absolute Gasteiger partial charge is 0.406 e. The Kier molecular flexibility index (Phi) is 3.22. The largest absolute Gasteiger partial charge is 0.453 e. The molecular formula is C11H11N3O4. The van der Waals surface area contributed by atoms with Crippen molar-refractivity contribution < 1.29 is 19.1 Å². The monoisotopic (exact) mass is 249 g/mol. The van der Waals surface area contributed by atoms with Crippen molar-refractivity contribution >= 4 is 17.9 Å². The van der Waals surface area contributed by atoms with Crippen molar-refractivity contribution in [3.63, 3.8) is 0 Å². The Hall–Kier alpha value is -2.44. The summed E-state index contributed by atoms with van der Waals surface area (Å²) in [6.07, 6.45) is 0.852. The summed E-state index contributed by atoms with van der Waals surface area (Å²) in [5.74, 6) is -0.836. The molecule has 1 aromatic heterocycles. The number of hydrogen-bond acceptors (Lipinski definition) is 5. The first-order chi connectivity index (χ1) is 8.65. The fourth-order valence-electron chi connectivity index (χ4n) is 1.66. The molecule has 0 radical (unpaired) electrons. The minimum atomic E-state index is -0.607. The van der Waals surface area contributed by atoms with Crippen molar-refractivity contribution in [2.45, 2.75) is 0 Å². The molecule has 18 heavy (non-hydrogen) atoms. The Morgan fingerprint density at radius 3 is 2.89 bits per heavy atom. The average molecular weight is 249 g/mol. The van der Waals surface area contributed by atoms with Crippen LogP contribution in [0, 0.1) is 0 Å². The van der Waals surface area contributed by atoms with Gasteiger partial charge < -0.3 is 10.1 Å². The van der Waals surface area contributed by atoms with Gasteiger partial charge in [-0.1, -0.05) is 0 Å². The highest BCUT2D eigenvalue weighted by atomic mass is 16.5. The lowest BCUT2D eigenvalue weighted by molar-refractivity contribution is 0.0652. The van der Waals surface area contributed by atoms with E-state index in [0.29, 0.717) is 5.56 Å². The molecule has 0 spiro atoms. The summed E-state index contributed by atoms with van der Waals surface area (Å²) in [6.45, 7) is 0.223. The van der Waals surface area contributed by atoms with Crippen LogP contribution in [0.3, 0.4) is 0 Å². The molecule has 2 rings (SSSR count). The quantitative estimate of drug-likeness (QED) is 0.764. The minimum absolute atomic E-state index is 0.0864. The van der Waals surface area contributed by atoms with Gasteiger partial charge in [-0.2, -0.15) is 0 Å². The molecule has 0 saturated heterocycles. The van der Waals surface area contributed by atoms with E-state index >= 15 is 0 Å². The Morgan fingerprint density at radius 1 is 1.44 bits per heavy atom. The van der Waals surface area contributed by atoms with E-state index in [0.717, 1.165) is 4.90 Å². The second-order valence-corrected chi connectivity index (χ2v) is 3.58. The number of rotatable bonds is 3. The topological polar surface area (TPSA) is 88.6 Å². The standard InChI is InChI=1S/C11H11N3O4/c1-18-11(17)13-5-6-14-9(15)7-3-2-4-12-8(7)10(14)16/h2-4H,5-6H2,1H3,(H,13,17). The van der Waals surface area contributed by atoms with Gasteiger partial charge in [0.2, 0.25) is 0 Å². The minimum Gasteiger partial charge on any atom is -0.453 e. The third-order valence-electron chi connectivity index (χ3n) is 2.52. The third kappa shape index (κ3) is 2.02. The van der Waals surface area contributed by atoms with E-state index in [4.69, 9.17) is 0 Å². The van der Waals surface area contributed by atoms with Crippen molar-refractivity contribution in [2.24, 2.45) is 0 Å². The van der Waals surface area contributed by atoms with Crippen LogP contribution in [0.1, 0.15) is 20.8 Å². The summed E-state index contributed by atoms with van der Waals surface area (Å²) in [5.41, 5.74) is 0.445. The second-order valence-electron chi connectivity index (χ2n) is 3.58. The van der Waals surface area contributed by atoms with Crippen LogP contribution in [-0.4, -0.2) is 48.0 Å². The summed E-state index contributed by atoms with van der Waals surface area (Å²) in [4.78, 5) is 39.5. The number of amides is 3. The molecular weight excluding hydrogens is 238 g/mol. The molecule has 0 atom stereocenters. The van der Waals surface area contributed by atoms with Gasteiger partial charge in [-0.15, -0.1) is 0 Å². The molecule has 1 aromatic rings. The molecule has 0 saturated carbocycles. The van der Waals surface area contributed by atoms with Crippen LogP contribution in [0.2, 0.25) is 0 Å². The number of alkyl carbamates (subject to hydrolysis) is 1. The van der Waals surface area contributed by atoms with Crippen LogP contribution in [0.5, 0.6) is 0 Å². The first-order valence-corrected chi connectivity index (χ1v) is 5.28. The van der Waals surface area contributed by atoms with Crippen molar-refractivity contribution in [2.75, 3.05) is 20.2 Å². The van der Waals surface area contributed by atoms with E-state index in [1.807, 2.05) is 0 Å². The van der Waals surface area contributed by atoms with Crippen LogP contribution in [0.25, 0.3) is 0 Å². The fourth-order valence-corrected chi connectivity index (χ4v) is 1.66. The van der Waals surface area contributed by atoms with Crippen molar-refractivity contribution in [1.82, 2.24) is 15.2 Å². The van der Waals surface area contributed by atoms with Gasteiger partial charge in [0.15, 0.2) is 0 Å². The van der Waals surface area contributed by atoms with Crippen molar-refractivity contribution in [3.8, 4) is 0 Å². The molecule has 0 bridgehead atoms. The van der Waals surface area contributed by atoms with Crippen LogP contribution >= 0.6 is 0 Å². The highest BCUT2D eigenvalue weighted by molar-refractivity contribution is 6.20. The molecule has 1 aliphatic heterocycles. The Labute approximate surface area is 103 Å². The second kappa shape index (κ2) is 4.82. The third-order valence-corrected chi connectivity index (χ3v) is 2.52. The number of pyridine rings is 1. The molecule has 94 valence electrons. The molecule has 1 N–H and O–H groups in total. The van der Waals surface area contributed by atoms with Gasteiger partial charge in [-0.05, 0) is 12.1 Å². The highest BCUT2D eigenvalue weighted by Crippen LogP contribution is 2.19. The Bertz CT molecular complexity index is 480. The SMILES string of the molecule is COC(=O)NCCN1C(=O)c2cccnc2C1=O. The first-order valence-electron chi connectivity index (χ1n) is 5.28. The fraction of sp³-hybridized carbons (Fsp3) is 0.273. The summed E-state index contributed by atoms with van der Waals surface area (Å²) in [7, 11) is 1.24. The lowest BCUT2D eigenvalue weighted by atomic mass is 10.2. The van der Waals surface area contributed by atoms with Crippen molar-refractivity contribution in [1.29, 1.82) is 0 Å². The van der Waals surface area contributed by atoms with Crippen LogP contribution in [-0.2, 0) is 4.74 Å². The van der Waals surface area contributed by atoms with E-state index < -0.39 is 17.9 Å². The summed E-state index contributed by atoms with van der Waals surface area (Å²) < 4.78 is 4.38. The summed E-state index contributed by atoms with van der Waals surface area (Å²) in [6, 6.07) is 3.15. The molecule has 0 fully saturated rings. The lowest BCUT2D eigenvalue weighted by Gasteiger charge is -2.13. The number of nitrogens with one attached hydrogen (secondary N) is 1. The number of methoxy groups -OCH3 is 1. The maximum Gasteiger partial charge on any atom is 0.406 e. The Balaban J connectivity index is 2.03. The van der Waals surface area contributed by atoms with Crippen LogP contribution in [0.15, 0.2) is 18.3 Å². The van der Waals surface area contributed by atoms with Crippen molar-refractivity contribution in [3.05, 3.63) is 29.6 Å². The molecule has 2 heterocycles. The number of fused-ring (bicyclic) bond motifs is 1. The lowest BCUT2D eigenvalue weighted by Crippen LogP contribution is -2.38. The van der Waals surface area contributed by atoms with E-state index in [1.54, 1.807) is 12.1 Å². The number of ether oxygens (including phenoxy) is 1. The molecule has 3 amide bonds. The Morgan fingerprint density at radius 2 is 2.22 bits per heavy atom. The zero-order chi connectivity index (χ0) is 13.1. The predicted molar refractivity (Wildman–Crippen MR) is 60.0 cm³/mol. The number of nitrogens with zero attached hydrogens (tertiary/aromatic N) is 2. The molecule has 0 aromatic carbocycles. The van der Waals surface area contributed by atoms with E-state index in [1.165, 1.54) is 13.3 Å². The number of carbonyl (C=O) groups excluding carboxylic acids is 3. The maximum absolute atomic E-state index is 11.9. The normalized spacial score (nSPS) is 13.5. The number of aromatic nitrogens is 1. The molecule has 1 aliphatic rings. The highest BCUT2D eigenvalue weighted by Gasteiger charge is 2.36. The number of imide groups is 1. The summed E-state index contributed by atoms with van der Waals surface area (Å²) in [5, 5.41) is 2.40. The molecule has 0 aliphatic carbocycles. The number of carbonyl (C=O) groups is 3. The van der Waals surface area contributed by atoms with Gasteiger partial charge in [0.25, 0.3) is 11.8 Å². The van der Waals surface area contributed by atoms with Gasteiger partial charge in [0.1, 0.15) is 5.69 Å². The van der Waals surface area contributed by atoms with Gasteiger partial charge in [0, 0.05) is 19.3 Å². The zero-order valence-electron chi connectivity index (χ0n) is 9.67. The van der Waals surface area contributed by atoms with E-state index in [2.05, 4.69) is 15.0 Å². The van der Waals surface area contributed by atoms with Gasteiger partial charge >= 0.3 is 6.09 Å². The zero-order valence-corrected chi connectivity index (χ0v) is 9.67. The van der Waals surface area contributed by atoms with Gasteiger partial charge in [0.05, 0.1) is 12.7 Å². The van der Waals surface area contributed by atoms with Gasteiger partial charge in [-0.25, -0.2) is 4.79 Å². The molecule has 7 heteroatoms. The first kappa shape index (κ1) is 12.0. The molecule has 7 nitrogen and oxygen atoms in total. The summed E-state index contributed by atoms with van der Waals surface area (Å²) >= 11 is 0. The van der Waals surface area contributed by atoms with E-state index in [-0.39, 0.29) is 18.8 Å².